The van der Waals surface area contributed by atoms with Gasteiger partial charge in [0.1, 0.15) is 17.7 Å². The third-order valence-corrected chi connectivity index (χ3v) is 4.91. The number of halogens is 2. The van der Waals surface area contributed by atoms with E-state index in [0.717, 1.165) is 43.5 Å². The minimum Gasteiger partial charge on any atom is -0.368 e. The minimum atomic E-state index is -0.521. The van der Waals surface area contributed by atoms with Crippen molar-refractivity contribution in [3.8, 4) is 0 Å². The maximum Gasteiger partial charge on any atom is 0.239 e. The SMILES string of the molecule is NC(=O)C(c1ccc(F)cc1)N1CCC(Cc2ccc(F)cc2)CC1. The van der Waals surface area contributed by atoms with Crippen LogP contribution in [0.15, 0.2) is 48.5 Å². The number of hydrogen-bond donors (Lipinski definition) is 1. The number of nitrogens with two attached hydrogens (primary N) is 1. The topological polar surface area (TPSA) is 46.3 Å². The molecule has 1 unspecified atom stereocenters. The first-order valence-electron chi connectivity index (χ1n) is 8.56. The smallest absolute Gasteiger partial charge is 0.239 e. The third-order valence-electron chi connectivity index (χ3n) is 4.91. The summed E-state index contributed by atoms with van der Waals surface area (Å²) in [5.41, 5.74) is 7.46. The molecule has 1 amide bonds. The zero-order chi connectivity index (χ0) is 17.8. The maximum atomic E-state index is 13.1. The molecule has 1 atom stereocenters. The first kappa shape index (κ1) is 17.5. The Hall–Kier alpha value is -2.27. The lowest BCUT2D eigenvalue weighted by Gasteiger charge is -2.36. The van der Waals surface area contributed by atoms with E-state index in [4.69, 9.17) is 5.73 Å². The van der Waals surface area contributed by atoms with Crippen LogP contribution >= 0.6 is 0 Å². The number of likely N-dealkylation sites (tertiary alicyclic amines) is 1. The molecule has 2 N–H and O–H groups in total. The first-order chi connectivity index (χ1) is 12.0. The fourth-order valence-electron chi connectivity index (χ4n) is 3.57. The van der Waals surface area contributed by atoms with Gasteiger partial charge in [-0.15, -0.1) is 0 Å². The van der Waals surface area contributed by atoms with Gasteiger partial charge >= 0.3 is 0 Å². The van der Waals surface area contributed by atoms with E-state index >= 15 is 0 Å². The van der Waals surface area contributed by atoms with Crippen molar-refractivity contribution in [2.75, 3.05) is 13.1 Å². The van der Waals surface area contributed by atoms with Crippen LogP contribution in [0, 0.1) is 17.6 Å². The normalized spacial score (nSPS) is 17.4. The second kappa shape index (κ2) is 7.74. The Labute approximate surface area is 146 Å². The Balaban J connectivity index is 1.62. The summed E-state index contributed by atoms with van der Waals surface area (Å²) in [7, 11) is 0. The van der Waals surface area contributed by atoms with Gasteiger partial charge in [0, 0.05) is 0 Å². The highest BCUT2D eigenvalue weighted by molar-refractivity contribution is 5.81. The minimum absolute atomic E-state index is 0.220. The molecule has 0 aliphatic carbocycles. The van der Waals surface area contributed by atoms with Crippen molar-refractivity contribution in [1.29, 1.82) is 0 Å². The number of hydrogen-bond acceptors (Lipinski definition) is 2. The van der Waals surface area contributed by atoms with Crippen LogP contribution in [0.25, 0.3) is 0 Å². The van der Waals surface area contributed by atoms with Crippen molar-refractivity contribution in [3.05, 3.63) is 71.3 Å². The zero-order valence-electron chi connectivity index (χ0n) is 14.0. The number of benzene rings is 2. The molecule has 132 valence electrons. The number of piperidine rings is 1. The molecule has 0 spiro atoms. The summed E-state index contributed by atoms with van der Waals surface area (Å²) in [5, 5.41) is 0. The second-order valence-corrected chi connectivity index (χ2v) is 6.67. The molecule has 1 aliphatic rings. The fraction of sp³-hybridized carbons (Fsp3) is 0.350. The standard InChI is InChI=1S/C20H22F2N2O/c21-17-5-1-14(2-6-17)13-15-9-11-24(12-10-15)19(20(23)25)16-3-7-18(22)8-4-16/h1-8,15,19H,9-13H2,(H2,23,25). The highest BCUT2D eigenvalue weighted by Gasteiger charge is 2.29. The van der Waals surface area contributed by atoms with Crippen LogP contribution in [0.5, 0.6) is 0 Å². The molecular formula is C20H22F2N2O. The molecule has 1 heterocycles. The first-order valence-corrected chi connectivity index (χ1v) is 8.56. The van der Waals surface area contributed by atoms with E-state index in [-0.39, 0.29) is 11.6 Å². The van der Waals surface area contributed by atoms with Gasteiger partial charge in [0.05, 0.1) is 0 Å². The van der Waals surface area contributed by atoms with Crippen LogP contribution < -0.4 is 5.73 Å². The second-order valence-electron chi connectivity index (χ2n) is 6.67. The van der Waals surface area contributed by atoms with Crippen LogP contribution in [-0.4, -0.2) is 23.9 Å². The third kappa shape index (κ3) is 4.42. The highest BCUT2D eigenvalue weighted by atomic mass is 19.1. The van der Waals surface area contributed by atoms with Crippen molar-refractivity contribution < 1.29 is 13.6 Å². The molecule has 0 aromatic heterocycles. The van der Waals surface area contributed by atoms with E-state index in [2.05, 4.69) is 4.90 Å². The lowest BCUT2D eigenvalue weighted by molar-refractivity contribution is -0.124. The summed E-state index contributed by atoms with van der Waals surface area (Å²) in [4.78, 5) is 14.0. The summed E-state index contributed by atoms with van der Waals surface area (Å²) in [6, 6.07) is 12.1. The zero-order valence-corrected chi connectivity index (χ0v) is 14.0. The largest absolute Gasteiger partial charge is 0.368 e. The number of primary amides is 1. The van der Waals surface area contributed by atoms with Crippen LogP contribution in [0.4, 0.5) is 8.78 Å². The van der Waals surface area contributed by atoms with Crippen LogP contribution in [0.1, 0.15) is 30.0 Å². The van der Waals surface area contributed by atoms with E-state index < -0.39 is 11.9 Å². The summed E-state index contributed by atoms with van der Waals surface area (Å²) >= 11 is 0. The highest BCUT2D eigenvalue weighted by Crippen LogP contribution is 2.28. The monoisotopic (exact) mass is 344 g/mol. The summed E-state index contributed by atoms with van der Waals surface area (Å²) in [6.45, 7) is 1.52. The van der Waals surface area contributed by atoms with Crippen molar-refractivity contribution >= 4 is 5.91 Å². The van der Waals surface area contributed by atoms with E-state index in [1.807, 2.05) is 12.1 Å². The lowest BCUT2D eigenvalue weighted by atomic mass is 9.89. The number of rotatable bonds is 5. The Morgan fingerprint density at radius 1 is 1.00 bits per heavy atom. The van der Waals surface area contributed by atoms with Gasteiger partial charge in [0.15, 0.2) is 0 Å². The predicted molar refractivity (Wildman–Crippen MR) is 92.7 cm³/mol. The van der Waals surface area contributed by atoms with Gasteiger partial charge in [-0.3, -0.25) is 9.69 Å². The molecule has 1 saturated heterocycles. The summed E-state index contributed by atoms with van der Waals surface area (Å²) in [5.74, 6) is -0.459. The van der Waals surface area contributed by atoms with Gasteiger partial charge in [-0.1, -0.05) is 24.3 Å². The number of amides is 1. The van der Waals surface area contributed by atoms with E-state index in [0.29, 0.717) is 5.92 Å². The predicted octanol–water partition coefficient (Wildman–Crippen LogP) is 3.45. The average molecular weight is 344 g/mol. The van der Waals surface area contributed by atoms with E-state index in [9.17, 15) is 13.6 Å². The molecule has 1 aliphatic heterocycles. The van der Waals surface area contributed by atoms with Gasteiger partial charge in [-0.05, 0) is 73.7 Å². The summed E-state index contributed by atoms with van der Waals surface area (Å²) < 4.78 is 26.1. The van der Waals surface area contributed by atoms with Gasteiger partial charge in [-0.2, -0.15) is 0 Å². The van der Waals surface area contributed by atoms with E-state index in [1.54, 1.807) is 12.1 Å². The molecule has 0 bridgehead atoms. The maximum absolute atomic E-state index is 13.1. The Kier molecular flexibility index (Phi) is 5.43. The Bertz CT molecular complexity index is 707. The quantitative estimate of drug-likeness (QED) is 0.903. The number of nitrogens with zero attached hydrogens (tertiary/aromatic N) is 1. The number of carbonyl (C=O) groups is 1. The van der Waals surface area contributed by atoms with Crippen LogP contribution in [-0.2, 0) is 11.2 Å². The van der Waals surface area contributed by atoms with Crippen molar-refractivity contribution in [3.63, 3.8) is 0 Å². The van der Waals surface area contributed by atoms with Crippen molar-refractivity contribution in [2.45, 2.75) is 25.3 Å². The molecule has 25 heavy (non-hydrogen) atoms. The fourth-order valence-corrected chi connectivity index (χ4v) is 3.57. The van der Waals surface area contributed by atoms with Crippen molar-refractivity contribution in [1.82, 2.24) is 4.90 Å². The molecule has 1 fully saturated rings. The van der Waals surface area contributed by atoms with Gasteiger partial charge in [-0.25, -0.2) is 8.78 Å². The molecule has 3 rings (SSSR count). The molecule has 2 aromatic carbocycles. The van der Waals surface area contributed by atoms with E-state index in [1.165, 1.54) is 24.3 Å². The molecule has 2 aromatic rings. The molecule has 0 saturated carbocycles. The lowest BCUT2D eigenvalue weighted by Crippen LogP contribution is -2.42. The van der Waals surface area contributed by atoms with Gasteiger partial charge in [0.2, 0.25) is 5.91 Å². The Morgan fingerprint density at radius 2 is 1.52 bits per heavy atom. The molecule has 0 radical (unpaired) electrons. The van der Waals surface area contributed by atoms with Crippen molar-refractivity contribution in [2.24, 2.45) is 11.7 Å². The van der Waals surface area contributed by atoms with Gasteiger partial charge in [0.25, 0.3) is 0 Å². The number of carbonyl (C=O) groups excluding carboxylic acids is 1. The molecular weight excluding hydrogens is 322 g/mol. The van der Waals surface area contributed by atoms with Crippen LogP contribution in [0.2, 0.25) is 0 Å². The average Bonchev–Trinajstić information content (AvgIpc) is 2.60. The Morgan fingerprint density at radius 3 is 2.04 bits per heavy atom. The molecule has 5 heteroatoms. The molecule has 3 nitrogen and oxygen atoms in total. The van der Waals surface area contributed by atoms with Crippen LogP contribution in [0.3, 0.4) is 0 Å². The summed E-state index contributed by atoms with van der Waals surface area (Å²) in [6.07, 6.45) is 2.80. The van der Waals surface area contributed by atoms with Gasteiger partial charge < -0.3 is 5.73 Å².